The Morgan fingerprint density at radius 1 is 1.10 bits per heavy atom. The molecule has 10 heteroatoms. The third kappa shape index (κ3) is 3.52. The van der Waals surface area contributed by atoms with Gasteiger partial charge in [0, 0.05) is 26.0 Å². The molecule has 0 saturated heterocycles. The fourth-order valence-corrected chi connectivity index (χ4v) is 4.37. The number of hydrogen-bond donors (Lipinski definition) is 1. The number of nitrogens with zero attached hydrogens (tertiary/aromatic N) is 4. The number of carbonyl (C=O) groups is 2. The normalized spacial score (nSPS) is 15.7. The molecular formula is C20H18N5O4S+. The molecule has 152 valence electrons. The second-order valence-corrected chi connectivity index (χ2v) is 7.49. The van der Waals surface area contributed by atoms with E-state index in [2.05, 4.69) is 10.4 Å². The van der Waals surface area contributed by atoms with Gasteiger partial charge in [0.15, 0.2) is 5.17 Å². The van der Waals surface area contributed by atoms with Crippen molar-refractivity contribution < 1.29 is 18.8 Å². The molecule has 9 nitrogen and oxygen atoms in total. The second-order valence-electron chi connectivity index (χ2n) is 6.44. The number of thioether (sulfide) groups is 1. The van der Waals surface area contributed by atoms with Crippen molar-refractivity contribution in [2.45, 2.75) is 19.2 Å². The van der Waals surface area contributed by atoms with Crippen molar-refractivity contribution in [2.75, 3.05) is 4.90 Å². The van der Waals surface area contributed by atoms with Crippen LogP contribution in [0.1, 0.15) is 24.9 Å². The molecule has 1 aliphatic heterocycles. The van der Waals surface area contributed by atoms with E-state index in [0.717, 1.165) is 11.8 Å². The number of aromatic nitrogens is 2. The van der Waals surface area contributed by atoms with E-state index in [-0.39, 0.29) is 22.7 Å². The van der Waals surface area contributed by atoms with Crippen LogP contribution in [0.15, 0.2) is 75.1 Å². The number of H-pyrrole nitrogens is 1. The molecular weight excluding hydrogens is 406 g/mol. The maximum absolute atomic E-state index is 12.5. The Morgan fingerprint density at radius 3 is 2.33 bits per heavy atom. The van der Waals surface area contributed by atoms with E-state index >= 15 is 0 Å². The minimum atomic E-state index is -0.814. The highest BCUT2D eigenvalue weighted by Crippen LogP contribution is 2.39. The van der Waals surface area contributed by atoms with Gasteiger partial charge in [0.05, 0.1) is 5.69 Å². The lowest BCUT2D eigenvalue weighted by Crippen LogP contribution is -2.42. The maximum atomic E-state index is 12.5. The Balaban J connectivity index is 1.77. The standard InChI is InChI=1S/C20H17N5O4S/c1-13(26)23(15-9-5-3-6-10-15)20-21-24(14(2)27)18(30-20)17-19(28)29-22-25(17)16-11-7-4-8-12-16/h3-12,18H,1-2H3/p+1. The number of amides is 2. The van der Waals surface area contributed by atoms with Crippen molar-refractivity contribution in [2.24, 2.45) is 5.10 Å². The van der Waals surface area contributed by atoms with E-state index < -0.39 is 11.0 Å². The molecule has 0 spiro atoms. The summed E-state index contributed by atoms with van der Waals surface area (Å²) < 4.78 is 6.49. The summed E-state index contributed by atoms with van der Waals surface area (Å²) in [5, 5.41) is 7.58. The predicted octanol–water partition coefficient (Wildman–Crippen LogP) is 2.16. The summed E-state index contributed by atoms with van der Waals surface area (Å²) in [6, 6.07) is 18.0. The van der Waals surface area contributed by atoms with Gasteiger partial charge in [0.25, 0.3) is 0 Å². The number of aromatic amines is 1. The molecule has 0 fully saturated rings. The summed E-state index contributed by atoms with van der Waals surface area (Å²) in [6.45, 7) is 2.76. The molecule has 0 bridgehead atoms. The Morgan fingerprint density at radius 2 is 1.73 bits per heavy atom. The van der Waals surface area contributed by atoms with Crippen LogP contribution in [0.25, 0.3) is 5.69 Å². The SMILES string of the molecule is CC(=O)N(C1=NN(C(C)=O)C(c2c(=O)o[nH][n+]2-c2ccccc2)S1)c1ccccc1. The first kappa shape index (κ1) is 19.6. The molecule has 0 radical (unpaired) electrons. The van der Waals surface area contributed by atoms with Crippen LogP contribution in [0.5, 0.6) is 0 Å². The molecule has 1 aromatic heterocycles. The van der Waals surface area contributed by atoms with Gasteiger partial charge >= 0.3 is 11.3 Å². The molecule has 30 heavy (non-hydrogen) atoms. The number of hydrazone groups is 1. The Labute approximate surface area is 175 Å². The summed E-state index contributed by atoms with van der Waals surface area (Å²) in [5.41, 5.74) is 0.810. The molecule has 0 saturated carbocycles. The topological polar surface area (TPSA) is 103 Å². The highest BCUT2D eigenvalue weighted by atomic mass is 32.2. The molecule has 4 rings (SSSR count). The zero-order chi connectivity index (χ0) is 21.3. The number of para-hydroxylation sites is 2. The maximum Gasteiger partial charge on any atom is 0.433 e. The molecule has 1 unspecified atom stereocenters. The fourth-order valence-electron chi connectivity index (χ4n) is 3.09. The van der Waals surface area contributed by atoms with Gasteiger partial charge in [-0.2, -0.15) is 0 Å². The smallest absolute Gasteiger partial charge is 0.283 e. The molecule has 1 aliphatic rings. The van der Waals surface area contributed by atoms with E-state index in [4.69, 9.17) is 4.52 Å². The molecule has 2 amide bonds. The van der Waals surface area contributed by atoms with E-state index in [9.17, 15) is 14.4 Å². The molecule has 0 aliphatic carbocycles. The average molecular weight is 424 g/mol. The van der Waals surface area contributed by atoms with Gasteiger partial charge in [0.1, 0.15) is 0 Å². The Kier molecular flexibility index (Phi) is 5.23. The number of rotatable bonds is 3. The van der Waals surface area contributed by atoms with Crippen LogP contribution >= 0.6 is 11.8 Å². The monoisotopic (exact) mass is 424 g/mol. The zero-order valence-corrected chi connectivity index (χ0v) is 17.0. The van der Waals surface area contributed by atoms with E-state index in [0.29, 0.717) is 11.4 Å². The summed E-state index contributed by atoms with van der Waals surface area (Å²) >= 11 is 1.12. The van der Waals surface area contributed by atoms with Crippen LogP contribution in [0.2, 0.25) is 0 Å². The van der Waals surface area contributed by atoms with Crippen molar-refractivity contribution >= 4 is 34.4 Å². The number of nitrogens with one attached hydrogen (secondary N) is 1. The zero-order valence-electron chi connectivity index (χ0n) is 16.2. The van der Waals surface area contributed by atoms with Crippen LogP contribution in [-0.2, 0) is 9.59 Å². The van der Waals surface area contributed by atoms with Gasteiger partial charge < -0.3 is 0 Å². The third-order valence-electron chi connectivity index (χ3n) is 4.40. The summed E-state index contributed by atoms with van der Waals surface area (Å²) in [6.07, 6.45) is 0. The number of anilines is 1. The molecule has 1 N–H and O–H groups in total. The van der Waals surface area contributed by atoms with Gasteiger partial charge in [-0.05, 0) is 33.8 Å². The van der Waals surface area contributed by atoms with Crippen molar-refractivity contribution in [1.29, 1.82) is 0 Å². The summed E-state index contributed by atoms with van der Waals surface area (Å²) in [4.78, 5) is 38.7. The van der Waals surface area contributed by atoms with Crippen molar-refractivity contribution in [3.63, 3.8) is 0 Å². The lowest BCUT2D eigenvalue weighted by molar-refractivity contribution is -0.678. The summed E-state index contributed by atoms with van der Waals surface area (Å²) in [7, 11) is 0. The van der Waals surface area contributed by atoms with Crippen LogP contribution in [0, 0.1) is 0 Å². The van der Waals surface area contributed by atoms with Crippen LogP contribution < -0.4 is 15.2 Å². The third-order valence-corrected chi connectivity index (χ3v) is 5.52. The average Bonchev–Trinajstić information content (AvgIpc) is 3.33. The van der Waals surface area contributed by atoms with Gasteiger partial charge in [-0.3, -0.25) is 19.0 Å². The van der Waals surface area contributed by atoms with E-state index in [1.54, 1.807) is 36.4 Å². The largest absolute Gasteiger partial charge is 0.433 e. The second kappa shape index (κ2) is 7.99. The number of carbonyl (C=O) groups excluding carboxylic acids is 2. The quantitative estimate of drug-likeness (QED) is 0.649. The van der Waals surface area contributed by atoms with E-state index in [1.807, 2.05) is 24.3 Å². The fraction of sp³-hybridized carbons (Fsp3) is 0.150. The molecule has 2 heterocycles. The van der Waals surface area contributed by atoms with Crippen LogP contribution in [0.3, 0.4) is 0 Å². The first-order valence-electron chi connectivity index (χ1n) is 9.07. The molecule has 2 aromatic carbocycles. The Hall–Kier alpha value is -3.66. The van der Waals surface area contributed by atoms with Crippen molar-refractivity contribution in [1.82, 2.24) is 10.3 Å². The summed E-state index contributed by atoms with van der Waals surface area (Å²) in [5.74, 6) is -0.645. The van der Waals surface area contributed by atoms with Crippen LogP contribution in [0.4, 0.5) is 5.69 Å². The number of amidine groups is 1. The first-order valence-corrected chi connectivity index (χ1v) is 9.95. The molecule has 1 atom stereocenters. The Bertz CT molecular complexity index is 1170. The minimum absolute atomic E-state index is 0.178. The highest BCUT2D eigenvalue weighted by Gasteiger charge is 2.45. The van der Waals surface area contributed by atoms with Gasteiger partial charge in [-0.25, -0.2) is 9.80 Å². The predicted molar refractivity (Wildman–Crippen MR) is 111 cm³/mol. The minimum Gasteiger partial charge on any atom is -0.283 e. The van der Waals surface area contributed by atoms with Gasteiger partial charge in [-0.15, -0.1) is 5.10 Å². The lowest BCUT2D eigenvalue weighted by atomic mass is 10.3. The van der Waals surface area contributed by atoms with Gasteiger partial charge in [0.2, 0.25) is 22.9 Å². The van der Waals surface area contributed by atoms with Gasteiger partial charge in [-0.1, -0.05) is 36.4 Å². The number of hydrogen-bond acceptors (Lipinski definition) is 6. The first-order chi connectivity index (χ1) is 14.5. The van der Waals surface area contributed by atoms with Crippen LogP contribution in [-0.4, -0.2) is 27.3 Å². The highest BCUT2D eigenvalue weighted by molar-refractivity contribution is 8.14. The number of benzene rings is 2. The lowest BCUT2D eigenvalue weighted by Gasteiger charge is -2.19. The molecule has 3 aromatic rings. The van der Waals surface area contributed by atoms with E-state index in [1.165, 1.54) is 28.4 Å². The van der Waals surface area contributed by atoms with Crippen molar-refractivity contribution in [3.8, 4) is 5.69 Å². The van der Waals surface area contributed by atoms with Crippen molar-refractivity contribution in [3.05, 3.63) is 76.8 Å².